The number of aryl methyl sites for hydroxylation is 2. The van der Waals surface area contributed by atoms with Gasteiger partial charge < -0.3 is 5.32 Å². The lowest BCUT2D eigenvalue weighted by molar-refractivity contribution is 0.0939. The summed E-state index contributed by atoms with van der Waals surface area (Å²) < 4.78 is 16.4. The molecule has 0 saturated heterocycles. The van der Waals surface area contributed by atoms with E-state index in [4.69, 9.17) is 0 Å². The smallest absolute Gasteiger partial charge is 0.251 e. The van der Waals surface area contributed by atoms with Gasteiger partial charge in [-0.2, -0.15) is 4.68 Å². The van der Waals surface area contributed by atoms with Crippen molar-refractivity contribution in [2.24, 2.45) is 0 Å². The molecule has 2 aromatic carbocycles. The topological polar surface area (TPSA) is 85.6 Å². The van der Waals surface area contributed by atoms with Crippen molar-refractivity contribution in [1.29, 1.82) is 0 Å². The van der Waals surface area contributed by atoms with E-state index in [9.17, 15) is 9.18 Å². The Bertz CT molecular complexity index is 1270. The Kier molecular flexibility index (Phi) is 6.53. The van der Waals surface area contributed by atoms with E-state index in [1.165, 1.54) is 6.07 Å². The molecule has 0 bridgehead atoms. The van der Waals surface area contributed by atoms with Crippen molar-refractivity contribution in [2.75, 3.05) is 0 Å². The van der Waals surface area contributed by atoms with Crippen molar-refractivity contribution < 1.29 is 9.18 Å². The fraction of sp³-hybridized carbons (Fsp3) is 0.240. The monoisotopic (exact) mass is 444 g/mol. The highest BCUT2D eigenvalue weighted by molar-refractivity contribution is 5.96. The predicted molar refractivity (Wildman–Crippen MR) is 123 cm³/mol. The number of nitrogens with zero attached hydrogens (tertiary/aromatic N) is 5. The molecule has 2 heterocycles. The van der Waals surface area contributed by atoms with Crippen LogP contribution in [0.3, 0.4) is 0 Å². The van der Waals surface area contributed by atoms with Gasteiger partial charge in [0.1, 0.15) is 5.82 Å². The van der Waals surface area contributed by atoms with Gasteiger partial charge in [-0.1, -0.05) is 25.1 Å². The minimum absolute atomic E-state index is 0.297. The van der Waals surface area contributed by atoms with E-state index < -0.39 is 0 Å². The molecule has 8 heteroatoms. The third kappa shape index (κ3) is 4.95. The van der Waals surface area contributed by atoms with Crippen LogP contribution in [0.2, 0.25) is 0 Å². The second-order valence-electron chi connectivity index (χ2n) is 7.96. The number of amides is 1. The van der Waals surface area contributed by atoms with Gasteiger partial charge in [-0.3, -0.25) is 9.78 Å². The van der Waals surface area contributed by atoms with Gasteiger partial charge in [0, 0.05) is 23.7 Å². The molecule has 1 unspecified atom stereocenters. The summed E-state index contributed by atoms with van der Waals surface area (Å²) in [5, 5.41) is 15.0. The summed E-state index contributed by atoms with van der Waals surface area (Å²) in [6, 6.07) is 15.5. The molecule has 1 N–H and O–H groups in total. The number of hydrogen-bond acceptors (Lipinski definition) is 5. The number of pyridine rings is 1. The van der Waals surface area contributed by atoms with Gasteiger partial charge in [0.25, 0.3) is 5.91 Å². The van der Waals surface area contributed by atoms with Crippen LogP contribution in [0, 0.1) is 12.7 Å². The van der Waals surface area contributed by atoms with Crippen molar-refractivity contribution in [1.82, 2.24) is 30.5 Å². The Morgan fingerprint density at radius 3 is 2.73 bits per heavy atom. The highest BCUT2D eigenvalue weighted by Crippen LogP contribution is 2.28. The summed E-state index contributed by atoms with van der Waals surface area (Å²) in [5.74, 6) is 0.0204. The number of hydrogen-bond donors (Lipinski definition) is 1. The zero-order valence-corrected chi connectivity index (χ0v) is 18.8. The third-order valence-electron chi connectivity index (χ3n) is 5.35. The number of tetrazole rings is 1. The first kappa shape index (κ1) is 22.3. The molecule has 4 rings (SSSR count). The van der Waals surface area contributed by atoms with Gasteiger partial charge in [0.05, 0.1) is 17.4 Å². The largest absolute Gasteiger partial charge is 0.344 e. The number of carbonyl (C=O) groups is 1. The zero-order chi connectivity index (χ0) is 23.4. The van der Waals surface area contributed by atoms with Crippen LogP contribution in [-0.2, 0) is 6.42 Å². The minimum Gasteiger partial charge on any atom is -0.344 e. The fourth-order valence-corrected chi connectivity index (χ4v) is 3.65. The fourth-order valence-electron chi connectivity index (χ4n) is 3.65. The molecule has 0 fully saturated rings. The van der Waals surface area contributed by atoms with Crippen LogP contribution in [0.15, 0.2) is 60.8 Å². The molecule has 0 spiro atoms. The van der Waals surface area contributed by atoms with Crippen LogP contribution in [0.5, 0.6) is 0 Å². The second-order valence-corrected chi connectivity index (χ2v) is 7.96. The quantitative estimate of drug-likeness (QED) is 0.450. The molecule has 33 heavy (non-hydrogen) atoms. The molecule has 4 aromatic rings. The van der Waals surface area contributed by atoms with Crippen LogP contribution in [0.4, 0.5) is 4.39 Å². The van der Waals surface area contributed by atoms with Gasteiger partial charge >= 0.3 is 0 Å². The van der Waals surface area contributed by atoms with Gasteiger partial charge in [0.2, 0.25) is 0 Å². The van der Waals surface area contributed by atoms with E-state index in [-0.39, 0.29) is 17.8 Å². The van der Waals surface area contributed by atoms with Crippen LogP contribution in [-0.4, -0.2) is 31.1 Å². The van der Waals surface area contributed by atoms with E-state index in [1.807, 2.05) is 45.0 Å². The maximum Gasteiger partial charge on any atom is 0.251 e. The molecule has 0 aliphatic heterocycles. The Labute approximate surface area is 191 Å². The summed E-state index contributed by atoms with van der Waals surface area (Å²) in [6.07, 6.45) is 3.22. The molecule has 1 atom stereocenters. The lowest BCUT2D eigenvalue weighted by Crippen LogP contribution is -2.27. The number of nitrogens with one attached hydrogen (secondary N) is 1. The van der Waals surface area contributed by atoms with Crippen molar-refractivity contribution >= 4 is 5.91 Å². The van der Waals surface area contributed by atoms with E-state index in [1.54, 1.807) is 35.1 Å². The number of halogens is 1. The van der Waals surface area contributed by atoms with E-state index in [2.05, 4.69) is 25.8 Å². The van der Waals surface area contributed by atoms with E-state index in [0.29, 0.717) is 34.6 Å². The Hall–Kier alpha value is -3.94. The van der Waals surface area contributed by atoms with Crippen LogP contribution >= 0.6 is 0 Å². The van der Waals surface area contributed by atoms with Crippen LogP contribution in [0.1, 0.15) is 53.7 Å². The normalized spacial score (nSPS) is 11.9. The van der Waals surface area contributed by atoms with Crippen LogP contribution < -0.4 is 5.32 Å². The van der Waals surface area contributed by atoms with Crippen molar-refractivity contribution in [2.45, 2.75) is 39.7 Å². The second kappa shape index (κ2) is 9.68. The SMILES string of the molecule is CCCc1nnnn1-c1cc(C(=O)NC(C)c2ccccn2)cc(-c2ccc(C)cc2F)c1. The maximum atomic E-state index is 14.8. The lowest BCUT2D eigenvalue weighted by Gasteiger charge is -2.15. The third-order valence-corrected chi connectivity index (χ3v) is 5.35. The predicted octanol–water partition coefficient (Wildman–Crippen LogP) is 4.62. The first-order valence-electron chi connectivity index (χ1n) is 10.9. The van der Waals surface area contributed by atoms with E-state index in [0.717, 1.165) is 17.7 Å². The summed E-state index contributed by atoms with van der Waals surface area (Å²) in [7, 11) is 0. The first-order chi connectivity index (χ1) is 16.0. The zero-order valence-electron chi connectivity index (χ0n) is 18.8. The summed E-state index contributed by atoms with van der Waals surface area (Å²) in [4.78, 5) is 17.5. The molecule has 168 valence electrons. The summed E-state index contributed by atoms with van der Waals surface area (Å²) in [6.45, 7) is 5.74. The van der Waals surface area contributed by atoms with E-state index >= 15 is 0 Å². The molecular weight excluding hydrogens is 419 g/mol. The highest BCUT2D eigenvalue weighted by Gasteiger charge is 2.18. The molecular formula is C25H25FN6O. The molecule has 0 radical (unpaired) electrons. The number of benzene rings is 2. The van der Waals surface area contributed by atoms with Crippen molar-refractivity contribution in [3.8, 4) is 16.8 Å². The maximum absolute atomic E-state index is 14.8. The molecule has 0 aliphatic carbocycles. The Morgan fingerprint density at radius 2 is 2.00 bits per heavy atom. The minimum atomic E-state index is -0.356. The molecule has 0 aliphatic rings. The Balaban J connectivity index is 1.77. The number of aromatic nitrogens is 5. The number of carbonyl (C=O) groups excluding carboxylic acids is 1. The average molecular weight is 445 g/mol. The van der Waals surface area contributed by atoms with Gasteiger partial charge in [-0.05, 0) is 78.2 Å². The van der Waals surface area contributed by atoms with Crippen molar-refractivity contribution in [3.05, 3.63) is 89.3 Å². The lowest BCUT2D eigenvalue weighted by atomic mass is 9.99. The van der Waals surface area contributed by atoms with Gasteiger partial charge in [0.15, 0.2) is 5.82 Å². The summed E-state index contributed by atoms with van der Waals surface area (Å²) >= 11 is 0. The first-order valence-corrected chi connectivity index (χ1v) is 10.9. The van der Waals surface area contributed by atoms with Gasteiger partial charge in [-0.25, -0.2) is 4.39 Å². The molecule has 1 amide bonds. The highest BCUT2D eigenvalue weighted by atomic mass is 19.1. The standard InChI is InChI=1S/C25H25FN6O/c1-4-7-24-29-30-31-32(24)20-14-18(21-10-9-16(2)12-22(21)26)13-19(15-20)25(33)28-17(3)23-8-5-6-11-27-23/h5-6,8-15,17H,4,7H2,1-3H3,(H,28,33). The van der Waals surface area contributed by atoms with Crippen LogP contribution in [0.25, 0.3) is 16.8 Å². The summed E-state index contributed by atoms with van der Waals surface area (Å²) in [5.41, 5.74) is 3.51. The molecule has 2 aromatic heterocycles. The van der Waals surface area contributed by atoms with Gasteiger partial charge in [-0.15, -0.1) is 5.10 Å². The Morgan fingerprint density at radius 1 is 1.15 bits per heavy atom. The number of rotatable bonds is 7. The average Bonchev–Trinajstić information content (AvgIpc) is 3.28. The van der Waals surface area contributed by atoms with Crippen molar-refractivity contribution in [3.63, 3.8) is 0 Å². The molecule has 0 saturated carbocycles. The molecule has 7 nitrogen and oxygen atoms in total.